The SMILES string of the molecule is CCCC/C=C/CCCCCCCCCCCC(=O)O[C@H](COC(=O)CCCCCCCCC)COP(=O)(O)OCCN. The molecule has 0 radical (unpaired) electrons. The largest absolute Gasteiger partial charge is 0.472 e. The Balaban J connectivity index is 4.21. The summed E-state index contributed by atoms with van der Waals surface area (Å²) in [7, 11) is -4.36. The molecule has 0 amide bonds. The van der Waals surface area contributed by atoms with Gasteiger partial charge in [-0.15, -0.1) is 0 Å². The Bertz CT molecular complexity index is 734. The summed E-state index contributed by atoms with van der Waals surface area (Å²) in [5.74, 6) is -0.837. The second-order valence-corrected chi connectivity index (χ2v) is 12.8. The molecule has 0 aromatic rings. The number of phosphoric acid groups is 1. The van der Waals surface area contributed by atoms with Gasteiger partial charge >= 0.3 is 19.8 Å². The summed E-state index contributed by atoms with van der Waals surface area (Å²) in [5.41, 5.74) is 5.31. The normalized spacial score (nSPS) is 13.7. The third-order valence-corrected chi connectivity index (χ3v) is 8.14. The molecule has 0 rings (SSSR count). The molecule has 0 bridgehead atoms. The van der Waals surface area contributed by atoms with Crippen LogP contribution in [0.25, 0.3) is 0 Å². The number of carbonyl (C=O) groups excluding carboxylic acids is 2. The van der Waals surface area contributed by atoms with Crippen LogP contribution in [0.15, 0.2) is 12.2 Å². The van der Waals surface area contributed by atoms with Crippen LogP contribution in [0.2, 0.25) is 0 Å². The summed E-state index contributed by atoms with van der Waals surface area (Å²) in [6, 6.07) is 0. The number of hydrogen-bond donors (Lipinski definition) is 2. The number of unbranched alkanes of at least 4 members (excludes halogenated alkanes) is 17. The van der Waals surface area contributed by atoms with Crippen molar-refractivity contribution in [2.45, 2.75) is 161 Å². The molecule has 1 unspecified atom stereocenters. The van der Waals surface area contributed by atoms with Crippen molar-refractivity contribution in [1.82, 2.24) is 0 Å². The van der Waals surface area contributed by atoms with Crippen molar-refractivity contribution in [1.29, 1.82) is 0 Å². The van der Waals surface area contributed by atoms with Gasteiger partial charge in [0, 0.05) is 19.4 Å². The molecule has 0 aliphatic rings. The first-order chi connectivity index (χ1) is 20.8. The molecule has 43 heavy (non-hydrogen) atoms. The summed E-state index contributed by atoms with van der Waals surface area (Å²) in [4.78, 5) is 34.4. The lowest BCUT2D eigenvalue weighted by atomic mass is 10.1. The minimum absolute atomic E-state index is 0.0552. The molecule has 0 fully saturated rings. The van der Waals surface area contributed by atoms with Crippen LogP contribution >= 0.6 is 7.82 Å². The lowest BCUT2D eigenvalue weighted by molar-refractivity contribution is -0.161. The van der Waals surface area contributed by atoms with Gasteiger partial charge in [-0.1, -0.05) is 122 Å². The van der Waals surface area contributed by atoms with Gasteiger partial charge in [0.1, 0.15) is 6.61 Å². The van der Waals surface area contributed by atoms with Crippen molar-refractivity contribution in [3.05, 3.63) is 12.2 Å². The zero-order chi connectivity index (χ0) is 31.9. The first kappa shape index (κ1) is 41.8. The number of ether oxygens (including phenoxy) is 2. The lowest BCUT2D eigenvalue weighted by Crippen LogP contribution is -2.29. The zero-order valence-corrected chi connectivity index (χ0v) is 28.3. The minimum Gasteiger partial charge on any atom is -0.462 e. The quantitative estimate of drug-likeness (QED) is 0.0323. The third kappa shape index (κ3) is 30.6. The van der Waals surface area contributed by atoms with Crippen LogP contribution in [-0.4, -0.2) is 49.3 Å². The van der Waals surface area contributed by atoms with E-state index in [4.69, 9.17) is 24.3 Å². The van der Waals surface area contributed by atoms with Gasteiger partial charge in [0.25, 0.3) is 0 Å². The fraction of sp³-hybridized carbons (Fsp3) is 0.879. The van der Waals surface area contributed by atoms with E-state index in [0.717, 1.165) is 38.5 Å². The van der Waals surface area contributed by atoms with Gasteiger partial charge in [0.05, 0.1) is 13.2 Å². The Kier molecular flexibility index (Phi) is 29.9. The highest BCUT2D eigenvalue weighted by Gasteiger charge is 2.25. The van der Waals surface area contributed by atoms with E-state index in [1.165, 1.54) is 83.5 Å². The molecule has 0 aliphatic carbocycles. The number of rotatable bonds is 32. The van der Waals surface area contributed by atoms with E-state index in [0.29, 0.717) is 6.42 Å². The van der Waals surface area contributed by atoms with E-state index < -0.39 is 26.5 Å². The minimum atomic E-state index is -4.36. The molecular weight excluding hydrogens is 569 g/mol. The second kappa shape index (κ2) is 30.8. The first-order valence-electron chi connectivity index (χ1n) is 17.2. The number of nitrogens with two attached hydrogens (primary N) is 1. The maximum Gasteiger partial charge on any atom is 0.472 e. The summed E-state index contributed by atoms with van der Waals surface area (Å²) in [5, 5.41) is 0. The lowest BCUT2D eigenvalue weighted by Gasteiger charge is -2.19. The predicted molar refractivity (Wildman–Crippen MR) is 174 cm³/mol. The maximum atomic E-state index is 12.4. The van der Waals surface area contributed by atoms with Gasteiger partial charge in [-0.3, -0.25) is 18.6 Å². The van der Waals surface area contributed by atoms with Crippen molar-refractivity contribution in [2.75, 3.05) is 26.4 Å². The monoisotopic (exact) mass is 633 g/mol. The topological polar surface area (TPSA) is 134 Å². The molecule has 0 saturated heterocycles. The fourth-order valence-corrected chi connectivity index (χ4v) is 5.32. The smallest absolute Gasteiger partial charge is 0.462 e. The van der Waals surface area contributed by atoms with E-state index in [1.54, 1.807) is 0 Å². The highest BCUT2D eigenvalue weighted by atomic mass is 31.2. The van der Waals surface area contributed by atoms with Gasteiger partial charge in [-0.05, 0) is 32.1 Å². The molecule has 0 spiro atoms. The van der Waals surface area contributed by atoms with E-state index >= 15 is 0 Å². The summed E-state index contributed by atoms with van der Waals surface area (Å²) >= 11 is 0. The number of allylic oxidation sites excluding steroid dienone is 2. The third-order valence-electron chi connectivity index (χ3n) is 7.15. The number of esters is 2. The number of hydrogen-bond acceptors (Lipinski definition) is 8. The fourth-order valence-electron chi connectivity index (χ4n) is 4.55. The Hall–Kier alpha value is -1.25. The van der Waals surface area contributed by atoms with Gasteiger partial charge in [0.15, 0.2) is 6.10 Å². The summed E-state index contributed by atoms with van der Waals surface area (Å²) in [6.07, 6.45) is 26.9. The molecule has 10 heteroatoms. The summed E-state index contributed by atoms with van der Waals surface area (Å²) in [6.45, 7) is 3.63. The van der Waals surface area contributed by atoms with Crippen LogP contribution in [0.5, 0.6) is 0 Å². The average Bonchev–Trinajstić information content (AvgIpc) is 2.99. The Morgan fingerprint density at radius 1 is 0.674 bits per heavy atom. The zero-order valence-electron chi connectivity index (χ0n) is 27.4. The predicted octanol–water partition coefficient (Wildman–Crippen LogP) is 8.71. The Labute approximate surface area is 262 Å². The van der Waals surface area contributed by atoms with Gasteiger partial charge < -0.3 is 20.1 Å². The average molecular weight is 634 g/mol. The molecule has 254 valence electrons. The molecule has 2 atom stereocenters. The van der Waals surface area contributed by atoms with Crippen molar-refractivity contribution >= 4 is 19.8 Å². The number of carbonyl (C=O) groups is 2. The molecule has 0 aromatic carbocycles. The first-order valence-corrected chi connectivity index (χ1v) is 18.7. The van der Waals surface area contributed by atoms with Crippen molar-refractivity contribution in [3.8, 4) is 0 Å². The van der Waals surface area contributed by atoms with Gasteiger partial charge in [-0.25, -0.2) is 4.57 Å². The second-order valence-electron chi connectivity index (χ2n) is 11.4. The highest BCUT2D eigenvalue weighted by molar-refractivity contribution is 7.47. The van der Waals surface area contributed by atoms with Crippen LogP contribution in [0.1, 0.15) is 155 Å². The maximum absolute atomic E-state index is 12.4. The molecule has 0 aliphatic heterocycles. The van der Waals surface area contributed by atoms with Gasteiger partial charge in [0.2, 0.25) is 0 Å². The summed E-state index contributed by atoms with van der Waals surface area (Å²) < 4.78 is 32.4. The molecular formula is C33H64NO8P. The highest BCUT2D eigenvalue weighted by Crippen LogP contribution is 2.43. The van der Waals surface area contributed by atoms with Crippen LogP contribution in [0.3, 0.4) is 0 Å². The molecule has 0 saturated carbocycles. The van der Waals surface area contributed by atoms with Crippen molar-refractivity contribution < 1.29 is 37.6 Å². The van der Waals surface area contributed by atoms with E-state index in [-0.39, 0.29) is 38.6 Å². The van der Waals surface area contributed by atoms with Crippen molar-refractivity contribution in [2.24, 2.45) is 5.73 Å². The van der Waals surface area contributed by atoms with Crippen LogP contribution < -0.4 is 5.73 Å². The van der Waals surface area contributed by atoms with E-state index in [2.05, 4.69) is 26.0 Å². The molecule has 3 N–H and O–H groups in total. The van der Waals surface area contributed by atoms with E-state index in [1.807, 2.05) is 0 Å². The molecule has 9 nitrogen and oxygen atoms in total. The van der Waals surface area contributed by atoms with Crippen LogP contribution in [-0.2, 0) is 32.7 Å². The van der Waals surface area contributed by atoms with Crippen LogP contribution in [0, 0.1) is 0 Å². The molecule has 0 heterocycles. The van der Waals surface area contributed by atoms with Crippen LogP contribution in [0.4, 0.5) is 0 Å². The Morgan fingerprint density at radius 3 is 1.72 bits per heavy atom. The van der Waals surface area contributed by atoms with Crippen molar-refractivity contribution in [3.63, 3.8) is 0 Å². The molecule has 0 aromatic heterocycles. The number of phosphoric ester groups is 1. The standard InChI is InChI=1S/C33H64NO8P/c1-3-5-7-9-11-12-13-14-15-16-17-18-20-22-24-26-33(36)42-31(30-41-43(37,38)40-28-27-34)29-39-32(35)25-23-21-19-10-8-6-4-2/h9,11,31H,3-8,10,12-30,34H2,1-2H3,(H,37,38)/b11-9+/t31-/m1/s1. The Morgan fingerprint density at radius 2 is 1.16 bits per heavy atom. The van der Waals surface area contributed by atoms with E-state index in [9.17, 15) is 19.0 Å². The van der Waals surface area contributed by atoms with Gasteiger partial charge in [-0.2, -0.15) is 0 Å².